The van der Waals surface area contributed by atoms with E-state index in [2.05, 4.69) is 37.3 Å². The van der Waals surface area contributed by atoms with Gasteiger partial charge < -0.3 is 15.6 Å². The molecule has 0 unspecified atom stereocenters. The molecule has 25 heavy (non-hydrogen) atoms. The van der Waals surface area contributed by atoms with Gasteiger partial charge in [0.05, 0.1) is 13.2 Å². The zero-order chi connectivity index (χ0) is 17.9. The van der Waals surface area contributed by atoms with Crippen LogP contribution in [0.25, 0.3) is 0 Å². The molecule has 0 saturated heterocycles. The highest BCUT2D eigenvalue weighted by Gasteiger charge is 2.20. The molecule has 3 heteroatoms. The zero-order valence-corrected chi connectivity index (χ0v) is 15.8. The molecule has 1 aliphatic carbocycles. The van der Waals surface area contributed by atoms with Gasteiger partial charge in [0.15, 0.2) is 0 Å². The molecule has 0 heterocycles. The second-order valence-corrected chi connectivity index (χ2v) is 7.21. The molecule has 0 spiro atoms. The molecule has 1 aromatic rings. The molecule has 0 aromatic heterocycles. The van der Waals surface area contributed by atoms with Gasteiger partial charge in [0, 0.05) is 6.61 Å². The Morgan fingerprint density at radius 3 is 2.92 bits per heavy atom. The van der Waals surface area contributed by atoms with E-state index in [4.69, 9.17) is 15.6 Å². The fourth-order valence-electron chi connectivity index (χ4n) is 3.71. The minimum atomic E-state index is 0.277. The first-order valence-electron chi connectivity index (χ1n) is 9.93. The van der Waals surface area contributed by atoms with E-state index in [-0.39, 0.29) is 6.61 Å². The molecule has 0 bridgehead atoms. The SMILES string of the molecule is CC/C=C\COC[C@@H]1CCc2cc([C@H](CN)CCCCO)ccc2C1. The Kier molecular flexibility index (Phi) is 9.23. The summed E-state index contributed by atoms with van der Waals surface area (Å²) in [5.74, 6) is 1.06. The van der Waals surface area contributed by atoms with Crippen molar-refractivity contribution in [1.82, 2.24) is 0 Å². The number of benzene rings is 1. The zero-order valence-electron chi connectivity index (χ0n) is 15.8. The van der Waals surface area contributed by atoms with Crippen molar-refractivity contribution in [2.45, 2.75) is 57.8 Å². The lowest BCUT2D eigenvalue weighted by Crippen LogP contribution is -2.20. The van der Waals surface area contributed by atoms with Gasteiger partial charge >= 0.3 is 0 Å². The maximum atomic E-state index is 8.96. The molecule has 0 aliphatic heterocycles. The third-order valence-electron chi connectivity index (χ3n) is 5.25. The van der Waals surface area contributed by atoms with Crippen molar-refractivity contribution in [2.75, 3.05) is 26.4 Å². The number of rotatable bonds is 11. The summed E-state index contributed by atoms with van der Waals surface area (Å²) in [6.07, 6.45) is 11.8. The largest absolute Gasteiger partial charge is 0.396 e. The highest BCUT2D eigenvalue weighted by Crippen LogP contribution is 2.30. The highest BCUT2D eigenvalue weighted by atomic mass is 16.5. The first-order chi connectivity index (χ1) is 12.3. The van der Waals surface area contributed by atoms with E-state index in [1.54, 1.807) is 0 Å². The summed E-state index contributed by atoms with van der Waals surface area (Å²) in [4.78, 5) is 0. The van der Waals surface area contributed by atoms with Crippen LogP contribution < -0.4 is 5.73 Å². The second-order valence-electron chi connectivity index (χ2n) is 7.21. The minimum Gasteiger partial charge on any atom is -0.396 e. The number of fused-ring (bicyclic) bond motifs is 1. The third kappa shape index (κ3) is 6.58. The fourth-order valence-corrected chi connectivity index (χ4v) is 3.71. The molecule has 0 amide bonds. The van der Waals surface area contributed by atoms with Crippen LogP contribution in [0.1, 0.15) is 61.6 Å². The van der Waals surface area contributed by atoms with Crippen molar-refractivity contribution in [1.29, 1.82) is 0 Å². The number of aliphatic hydroxyl groups excluding tert-OH is 1. The van der Waals surface area contributed by atoms with E-state index < -0.39 is 0 Å². The van der Waals surface area contributed by atoms with E-state index in [9.17, 15) is 0 Å². The van der Waals surface area contributed by atoms with Crippen molar-refractivity contribution < 1.29 is 9.84 Å². The van der Waals surface area contributed by atoms with Crippen molar-refractivity contribution in [3.05, 3.63) is 47.0 Å². The van der Waals surface area contributed by atoms with Gasteiger partial charge in [-0.25, -0.2) is 0 Å². The number of aliphatic hydroxyl groups is 1. The fraction of sp³-hybridized carbons (Fsp3) is 0.636. The van der Waals surface area contributed by atoms with E-state index in [1.807, 2.05) is 0 Å². The second kappa shape index (κ2) is 11.5. The molecule has 3 N–H and O–H groups in total. The molecule has 3 nitrogen and oxygen atoms in total. The van der Waals surface area contributed by atoms with Crippen molar-refractivity contribution in [3.63, 3.8) is 0 Å². The number of unbranched alkanes of at least 4 members (excludes halogenated alkanes) is 1. The topological polar surface area (TPSA) is 55.5 Å². The van der Waals surface area contributed by atoms with Gasteiger partial charge in [-0.05, 0) is 73.6 Å². The van der Waals surface area contributed by atoms with Crippen LogP contribution in [-0.4, -0.2) is 31.5 Å². The lowest BCUT2D eigenvalue weighted by atomic mass is 9.81. The highest BCUT2D eigenvalue weighted by molar-refractivity contribution is 5.36. The van der Waals surface area contributed by atoms with Crippen molar-refractivity contribution in [2.24, 2.45) is 11.7 Å². The summed E-state index contributed by atoms with van der Waals surface area (Å²) < 4.78 is 5.80. The summed E-state index contributed by atoms with van der Waals surface area (Å²) in [7, 11) is 0. The molecular weight excluding hydrogens is 310 g/mol. The lowest BCUT2D eigenvalue weighted by Gasteiger charge is -2.26. The number of ether oxygens (including phenoxy) is 1. The van der Waals surface area contributed by atoms with Crippen LogP contribution in [0.2, 0.25) is 0 Å². The number of allylic oxidation sites excluding steroid dienone is 1. The van der Waals surface area contributed by atoms with Gasteiger partial charge in [0.1, 0.15) is 0 Å². The molecular formula is C22H35NO2. The average Bonchev–Trinajstić information content (AvgIpc) is 2.65. The Morgan fingerprint density at radius 1 is 1.28 bits per heavy atom. The Bertz CT molecular complexity index is 527. The van der Waals surface area contributed by atoms with Crippen LogP contribution in [0.5, 0.6) is 0 Å². The van der Waals surface area contributed by atoms with Crippen LogP contribution in [0.4, 0.5) is 0 Å². The van der Waals surface area contributed by atoms with Crippen LogP contribution in [0, 0.1) is 5.92 Å². The molecule has 0 radical (unpaired) electrons. The van der Waals surface area contributed by atoms with Gasteiger partial charge in [-0.1, -0.05) is 43.7 Å². The van der Waals surface area contributed by atoms with Crippen molar-refractivity contribution in [3.8, 4) is 0 Å². The number of hydrogen-bond acceptors (Lipinski definition) is 3. The molecule has 0 saturated carbocycles. The third-order valence-corrected chi connectivity index (χ3v) is 5.25. The first kappa shape index (κ1) is 20.2. The summed E-state index contributed by atoms with van der Waals surface area (Å²) in [6.45, 7) is 4.71. The predicted molar refractivity (Wildman–Crippen MR) is 105 cm³/mol. The van der Waals surface area contributed by atoms with Crippen LogP contribution in [-0.2, 0) is 17.6 Å². The van der Waals surface area contributed by atoms with Crippen molar-refractivity contribution >= 4 is 0 Å². The van der Waals surface area contributed by atoms with Crippen LogP contribution in [0.15, 0.2) is 30.4 Å². The van der Waals surface area contributed by atoms with Gasteiger partial charge in [0.25, 0.3) is 0 Å². The van der Waals surface area contributed by atoms with Gasteiger partial charge in [-0.15, -0.1) is 0 Å². The number of nitrogens with two attached hydrogens (primary N) is 1. The van der Waals surface area contributed by atoms with Gasteiger partial charge in [-0.3, -0.25) is 0 Å². The lowest BCUT2D eigenvalue weighted by molar-refractivity contribution is 0.116. The molecule has 0 fully saturated rings. The standard InChI is InChI=1S/C22H35NO2/c1-2-3-6-13-25-17-18-8-9-20-15-21(11-10-19(20)14-18)22(16-23)7-4-5-12-24/h3,6,10-11,15,18,22,24H,2,4-5,7-9,12-14,16-17,23H2,1H3/b6-3-/t18-,22+/m1/s1. The predicted octanol–water partition coefficient (Wildman–Crippen LogP) is 3.98. The average molecular weight is 346 g/mol. The van der Waals surface area contributed by atoms with Gasteiger partial charge in [-0.2, -0.15) is 0 Å². The normalized spacial score (nSPS) is 18.4. The Labute approximate surface area is 153 Å². The maximum absolute atomic E-state index is 8.96. The summed E-state index contributed by atoms with van der Waals surface area (Å²) >= 11 is 0. The molecule has 1 aliphatic rings. The molecule has 1 aromatic carbocycles. The van der Waals surface area contributed by atoms with E-state index in [1.165, 1.54) is 23.1 Å². The summed E-state index contributed by atoms with van der Waals surface area (Å²) in [5, 5.41) is 8.96. The summed E-state index contributed by atoms with van der Waals surface area (Å²) in [6, 6.07) is 6.96. The molecule has 2 atom stereocenters. The Hall–Kier alpha value is -1.16. The van der Waals surface area contributed by atoms with Crippen LogP contribution in [0.3, 0.4) is 0 Å². The molecule has 140 valence electrons. The minimum absolute atomic E-state index is 0.277. The van der Waals surface area contributed by atoms with E-state index in [0.29, 0.717) is 18.4 Å². The quantitative estimate of drug-likeness (QED) is 0.471. The van der Waals surface area contributed by atoms with E-state index >= 15 is 0 Å². The Balaban J connectivity index is 1.88. The van der Waals surface area contributed by atoms with E-state index in [0.717, 1.165) is 51.7 Å². The first-order valence-corrected chi connectivity index (χ1v) is 9.93. The molecule has 2 rings (SSSR count). The smallest absolute Gasteiger partial charge is 0.0647 e. The maximum Gasteiger partial charge on any atom is 0.0647 e. The monoisotopic (exact) mass is 345 g/mol. The number of aryl methyl sites for hydroxylation is 1. The summed E-state index contributed by atoms with van der Waals surface area (Å²) in [5.41, 5.74) is 10.3. The number of hydrogen-bond donors (Lipinski definition) is 2. The van der Waals surface area contributed by atoms with Crippen LogP contribution >= 0.6 is 0 Å². The van der Waals surface area contributed by atoms with Gasteiger partial charge in [0.2, 0.25) is 0 Å². The Morgan fingerprint density at radius 2 is 2.16 bits per heavy atom.